The second-order valence-corrected chi connectivity index (χ2v) is 9.69. The van der Waals surface area contributed by atoms with Crippen molar-refractivity contribution in [1.82, 2.24) is 4.57 Å². The Labute approximate surface area is 185 Å². The predicted molar refractivity (Wildman–Crippen MR) is 129 cm³/mol. The summed E-state index contributed by atoms with van der Waals surface area (Å²) in [6.07, 6.45) is 0.892. The Kier molecular flexibility index (Phi) is 4.33. The molecule has 30 heavy (non-hydrogen) atoms. The molecule has 0 spiro atoms. The second kappa shape index (κ2) is 6.71. The van der Waals surface area contributed by atoms with Crippen LogP contribution in [-0.4, -0.2) is 23.4 Å². The first-order valence-electron chi connectivity index (χ1n) is 10.5. The highest BCUT2D eigenvalue weighted by molar-refractivity contribution is 9.10. The minimum Gasteiger partial charge on any atom is -0.368 e. The van der Waals surface area contributed by atoms with Gasteiger partial charge in [-0.05, 0) is 74.0 Å². The molecule has 0 fully saturated rings. The molecule has 1 aliphatic heterocycles. The summed E-state index contributed by atoms with van der Waals surface area (Å²) in [5, 5.41) is 2.49. The molecular formula is C26H25BrN2O. The Bertz CT molecular complexity index is 1300. The van der Waals surface area contributed by atoms with Crippen molar-refractivity contribution in [3.63, 3.8) is 0 Å². The van der Waals surface area contributed by atoms with Crippen LogP contribution in [0.2, 0.25) is 0 Å². The number of hydrogen-bond donors (Lipinski definition) is 0. The van der Waals surface area contributed by atoms with Crippen molar-refractivity contribution in [2.45, 2.75) is 39.2 Å². The molecule has 0 saturated carbocycles. The van der Waals surface area contributed by atoms with E-state index in [1.54, 1.807) is 0 Å². The van der Waals surface area contributed by atoms with Crippen LogP contribution in [0.15, 0.2) is 59.1 Å². The molecular weight excluding hydrogens is 436 g/mol. The number of aromatic nitrogens is 1. The first kappa shape index (κ1) is 19.4. The lowest BCUT2D eigenvalue weighted by Gasteiger charge is -2.30. The third kappa shape index (κ3) is 2.59. The number of anilines is 1. The van der Waals surface area contributed by atoms with E-state index in [1.807, 2.05) is 24.3 Å². The van der Waals surface area contributed by atoms with E-state index in [0.29, 0.717) is 11.6 Å². The van der Waals surface area contributed by atoms with E-state index in [9.17, 15) is 4.79 Å². The van der Waals surface area contributed by atoms with Crippen molar-refractivity contribution in [1.29, 1.82) is 0 Å². The van der Waals surface area contributed by atoms with Gasteiger partial charge in [0.15, 0.2) is 0 Å². The van der Waals surface area contributed by atoms with Crippen LogP contribution in [-0.2, 0) is 5.41 Å². The molecule has 2 heterocycles. The Hall–Kier alpha value is -2.59. The van der Waals surface area contributed by atoms with Gasteiger partial charge in [0.2, 0.25) is 0 Å². The number of hydrogen-bond acceptors (Lipinski definition) is 2. The summed E-state index contributed by atoms with van der Waals surface area (Å²) >= 11 is 3.66. The van der Waals surface area contributed by atoms with Crippen LogP contribution in [0.25, 0.3) is 27.5 Å². The number of fused-ring (bicyclic) bond motifs is 4. The SMILES string of the molecule is CCN1c2cc3c4cc(Br)ccc4n(-c4ccc(C=O)cc4)c3cc2C(C)(C)C1C. The van der Waals surface area contributed by atoms with Crippen LogP contribution in [0.4, 0.5) is 5.69 Å². The number of halogens is 1. The quantitative estimate of drug-likeness (QED) is 0.311. The summed E-state index contributed by atoms with van der Waals surface area (Å²) in [5.41, 5.74) is 6.96. The number of carbonyl (C=O) groups excluding carboxylic acids is 1. The zero-order chi connectivity index (χ0) is 21.2. The maximum atomic E-state index is 11.1. The van der Waals surface area contributed by atoms with Crippen LogP contribution in [0.5, 0.6) is 0 Å². The maximum Gasteiger partial charge on any atom is 0.150 e. The van der Waals surface area contributed by atoms with Gasteiger partial charge in [0, 0.05) is 50.2 Å². The van der Waals surface area contributed by atoms with E-state index in [1.165, 1.54) is 33.1 Å². The minimum absolute atomic E-state index is 0.0722. The minimum atomic E-state index is 0.0722. The van der Waals surface area contributed by atoms with Gasteiger partial charge in [0.25, 0.3) is 0 Å². The van der Waals surface area contributed by atoms with Crippen molar-refractivity contribution in [3.05, 3.63) is 70.2 Å². The Morgan fingerprint density at radius 3 is 2.37 bits per heavy atom. The Morgan fingerprint density at radius 2 is 1.70 bits per heavy atom. The first-order valence-corrected chi connectivity index (χ1v) is 11.3. The van der Waals surface area contributed by atoms with Crippen molar-refractivity contribution >= 4 is 49.7 Å². The molecule has 0 saturated heterocycles. The normalized spacial score (nSPS) is 17.6. The first-order chi connectivity index (χ1) is 14.4. The fourth-order valence-electron chi connectivity index (χ4n) is 5.03. The van der Waals surface area contributed by atoms with Crippen molar-refractivity contribution in [2.24, 2.45) is 0 Å². The van der Waals surface area contributed by atoms with Gasteiger partial charge < -0.3 is 9.47 Å². The van der Waals surface area contributed by atoms with Gasteiger partial charge in [-0.1, -0.05) is 29.8 Å². The van der Waals surface area contributed by atoms with Crippen LogP contribution in [0.3, 0.4) is 0 Å². The van der Waals surface area contributed by atoms with Crippen LogP contribution in [0.1, 0.15) is 43.6 Å². The smallest absolute Gasteiger partial charge is 0.150 e. The van der Waals surface area contributed by atoms with Crippen LogP contribution < -0.4 is 4.90 Å². The van der Waals surface area contributed by atoms with Gasteiger partial charge in [-0.15, -0.1) is 0 Å². The van der Waals surface area contributed by atoms with Crippen LogP contribution in [0, 0.1) is 0 Å². The van der Waals surface area contributed by atoms with E-state index in [-0.39, 0.29) is 5.41 Å². The Balaban J connectivity index is 1.89. The summed E-state index contributed by atoms with van der Waals surface area (Å²) in [4.78, 5) is 13.7. The average molecular weight is 461 g/mol. The summed E-state index contributed by atoms with van der Waals surface area (Å²) in [7, 11) is 0. The largest absolute Gasteiger partial charge is 0.368 e. The van der Waals surface area contributed by atoms with Gasteiger partial charge in [-0.2, -0.15) is 0 Å². The summed E-state index contributed by atoms with van der Waals surface area (Å²) in [5.74, 6) is 0. The molecule has 5 rings (SSSR count). The summed E-state index contributed by atoms with van der Waals surface area (Å²) < 4.78 is 3.40. The number of rotatable bonds is 3. The van der Waals surface area contributed by atoms with E-state index >= 15 is 0 Å². The highest BCUT2D eigenvalue weighted by Crippen LogP contribution is 2.48. The summed E-state index contributed by atoms with van der Waals surface area (Å²) in [6, 6.07) is 19.5. The fraction of sp³-hybridized carbons (Fsp3) is 0.269. The van der Waals surface area contributed by atoms with E-state index in [0.717, 1.165) is 23.0 Å². The lowest BCUT2D eigenvalue weighted by molar-refractivity contribution is 0.112. The van der Waals surface area contributed by atoms with Gasteiger partial charge in [0.1, 0.15) is 6.29 Å². The number of benzene rings is 3. The zero-order valence-corrected chi connectivity index (χ0v) is 19.3. The molecule has 152 valence electrons. The topological polar surface area (TPSA) is 25.2 Å². The highest BCUT2D eigenvalue weighted by atomic mass is 79.9. The van der Waals surface area contributed by atoms with Gasteiger partial charge in [0.05, 0.1) is 11.0 Å². The molecule has 1 atom stereocenters. The van der Waals surface area contributed by atoms with Crippen LogP contribution >= 0.6 is 15.9 Å². The number of nitrogens with zero attached hydrogens (tertiary/aromatic N) is 2. The predicted octanol–water partition coefficient (Wildman–Crippen LogP) is 6.86. The maximum absolute atomic E-state index is 11.1. The molecule has 3 nitrogen and oxygen atoms in total. The van der Waals surface area contributed by atoms with Gasteiger partial charge >= 0.3 is 0 Å². The lowest BCUT2D eigenvalue weighted by atomic mass is 9.81. The molecule has 1 aromatic heterocycles. The molecule has 0 aliphatic carbocycles. The molecule has 0 N–H and O–H groups in total. The molecule has 0 bridgehead atoms. The Morgan fingerprint density at radius 1 is 1.00 bits per heavy atom. The van der Waals surface area contributed by atoms with Crippen molar-refractivity contribution in [3.8, 4) is 5.69 Å². The molecule has 3 aromatic carbocycles. The molecule has 0 amide bonds. The molecule has 1 aliphatic rings. The number of carbonyl (C=O) groups is 1. The lowest BCUT2D eigenvalue weighted by Crippen LogP contribution is -2.38. The molecule has 4 aromatic rings. The van der Waals surface area contributed by atoms with Gasteiger partial charge in [-0.3, -0.25) is 4.79 Å². The molecule has 1 unspecified atom stereocenters. The monoisotopic (exact) mass is 460 g/mol. The third-order valence-corrected chi connectivity index (χ3v) is 7.48. The van der Waals surface area contributed by atoms with E-state index in [2.05, 4.69) is 83.4 Å². The van der Waals surface area contributed by atoms with E-state index < -0.39 is 0 Å². The van der Waals surface area contributed by atoms with Crippen molar-refractivity contribution in [2.75, 3.05) is 11.4 Å². The number of likely N-dealkylation sites (N-methyl/N-ethyl adjacent to an activating group) is 1. The van der Waals surface area contributed by atoms with Crippen molar-refractivity contribution < 1.29 is 4.79 Å². The highest BCUT2D eigenvalue weighted by Gasteiger charge is 2.41. The van der Waals surface area contributed by atoms with Gasteiger partial charge in [-0.25, -0.2) is 0 Å². The third-order valence-electron chi connectivity index (χ3n) is 6.99. The van der Waals surface area contributed by atoms with E-state index in [4.69, 9.17) is 0 Å². The average Bonchev–Trinajstić information content (AvgIpc) is 3.15. The molecule has 4 heteroatoms. The summed E-state index contributed by atoms with van der Waals surface area (Å²) in [6.45, 7) is 10.3. The molecule has 0 radical (unpaired) electrons. The fourth-order valence-corrected chi connectivity index (χ4v) is 5.39. The second-order valence-electron chi connectivity index (χ2n) is 8.78. The zero-order valence-electron chi connectivity index (χ0n) is 17.7. The number of aldehydes is 1. The standard InChI is InChI=1S/C26H25BrN2O/c1-5-28-16(2)26(3,4)22-14-24-21(13-25(22)28)20-12-18(27)8-11-23(20)29(24)19-9-6-17(15-30)7-10-19/h6-16H,5H2,1-4H3.